The summed E-state index contributed by atoms with van der Waals surface area (Å²) in [6, 6.07) is 16.4. The van der Waals surface area contributed by atoms with Crippen LogP contribution in [0.3, 0.4) is 0 Å². The number of carbonyl (C=O) groups is 1. The second-order valence-corrected chi connectivity index (χ2v) is 9.12. The van der Waals surface area contributed by atoms with Crippen LogP contribution >= 0.6 is 23.4 Å². The van der Waals surface area contributed by atoms with Crippen molar-refractivity contribution in [2.75, 3.05) is 23.7 Å². The Bertz CT molecular complexity index is 763. The Morgan fingerprint density at radius 1 is 1.21 bits per heavy atom. The number of anilines is 1. The van der Waals surface area contributed by atoms with Crippen molar-refractivity contribution in [2.45, 2.75) is 38.5 Å². The van der Waals surface area contributed by atoms with Crippen LogP contribution in [0.1, 0.15) is 43.9 Å². The molecule has 0 spiro atoms. The van der Waals surface area contributed by atoms with Gasteiger partial charge in [-0.25, -0.2) is 0 Å². The van der Waals surface area contributed by atoms with E-state index in [9.17, 15) is 4.79 Å². The Labute approximate surface area is 177 Å². The third-order valence-electron chi connectivity index (χ3n) is 5.21. The molecule has 2 atom stereocenters. The van der Waals surface area contributed by atoms with Crippen molar-refractivity contribution < 1.29 is 4.79 Å². The molecule has 1 saturated heterocycles. The van der Waals surface area contributed by atoms with Crippen LogP contribution < -0.4 is 10.2 Å². The molecule has 5 heteroatoms. The van der Waals surface area contributed by atoms with E-state index in [-0.39, 0.29) is 11.9 Å². The van der Waals surface area contributed by atoms with Gasteiger partial charge in [-0.05, 0) is 61.1 Å². The fourth-order valence-corrected chi connectivity index (χ4v) is 4.53. The maximum absolute atomic E-state index is 12.3. The first-order chi connectivity index (χ1) is 13.5. The van der Waals surface area contributed by atoms with Gasteiger partial charge in [0.2, 0.25) is 5.91 Å². The Hall–Kier alpha value is -1.65. The molecule has 0 aromatic heterocycles. The molecule has 28 heavy (non-hydrogen) atoms. The lowest BCUT2D eigenvalue weighted by atomic mass is 9.99. The highest BCUT2D eigenvalue weighted by atomic mass is 35.5. The van der Waals surface area contributed by atoms with Gasteiger partial charge in [-0.1, -0.05) is 42.8 Å². The average molecular weight is 417 g/mol. The van der Waals surface area contributed by atoms with Crippen molar-refractivity contribution in [1.82, 2.24) is 5.32 Å². The number of benzene rings is 2. The van der Waals surface area contributed by atoms with Gasteiger partial charge in [0.25, 0.3) is 0 Å². The number of thioether (sulfide) groups is 1. The van der Waals surface area contributed by atoms with E-state index in [2.05, 4.69) is 41.4 Å². The van der Waals surface area contributed by atoms with Crippen LogP contribution in [0.5, 0.6) is 0 Å². The normalized spacial score (nSPS) is 18.0. The zero-order valence-corrected chi connectivity index (χ0v) is 18.2. The zero-order chi connectivity index (χ0) is 19.9. The molecule has 2 aromatic carbocycles. The first-order valence-corrected chi connectivity index (χ1v) is 11.5. The van der Waals surface area contributed by atoms with Crippen LogP contribution in [0.4, 0.5) is 5.69 Å². The topological polar surface area (TPSA) is 32.3 Å². The summed E-state index contributed by atoms with van der Waals surface area (Å²) in [5, 5.41) is 3.84. The molecule has 1 aliphatic heterocycles. The third kappa shape index (κ3) is 6.18. The molecule has 1 N–H and O–H groups in total. The number of hydrogen-bond acceptors (Lipinski definition) is 3. The number of carbonyl (C=O) groups excluding carboxylic acids is 1. The average Bonchev–Trinajstić information content (AvgIpc) is 2.69. The van der Waals surface area contributed by atoms with Crippen molar-refractivity contribution in [3.05, 3.63) is 64.7 Å². The molecule has 0 radical (unpaired) electrons. The number of hydrogen-bond donors (Lipinski definition) is 1. The van der Waals surface area contributed by atoms with E-state index in [0.29, 0.717) is 5.75 Å². The van der Waals surface area contributed by atoms with E-state index in [4.69, 9.17) is 11.6 Å². The summed E-state index contributed by atoms with van der Waals surface area (Å²) in [6.07, 6.45) is 2.59. The molecule has 150 valence electrons. The molecule has 0 unspecified atom stereocenters. The van der Waals surface area contributed by atoms with Crippen LogP contribution in [-0.4, -0.2) is 24.7 Å². The SMILES string of the molecule is C[C@@H]1CCCN(c2ccc([C@H](C)NC(=O)CSCc3ccc(Cl)cc3)cc2)C1. The highest BCUT2D eigenvalue weighted by molar-refractivity contribution is 7.99. The van der Waals surface area contributed by atoms with E-state index in [0.717, 1.165) is 35.3 Å². The summed E-state index contributed by atoms with van der Waals surface area (Å²) in [4.78, 5) is 14.7. The quantitative estimate of drug-likeness (QED) is 0.629. The van der Waals surface area contributed by atoms with E-state index >= 15 is 0 Å². The predicted molar refractivity (Wildman–Crippen MR) is 121 cm³/mol. The van der Waals surface area contributed by atoms with Crippen molar-refractivity contribution in [3.63, 3.8) is 0 Å². The van der Waals surface area contributed by atoms with Gasteiger partial charge >= 0.3 is 0 Å². The van der Waals surface area contributed by atoms with E-state index in [1.165, 1.54) is 24.1 Å². The lowest BCUT2D eigenvalue weighted by Crippen LogP contribution is -2.34. The summed E-state index contributed by atoms with van der Waals surface area (Å²) in [5.74, 6) is 2.09. The molecule has 1 fully saturated rings. The van der Waals surface area contributed by atoms with Gasteiger partial charge in [0, 0.05) is 29.6 Å². The van der Waals surface area contributed by atoms with Crippen LogP contribution in [0.25, 0.3) is 0 Å². The van der Waals surface area contributed by atoms with Crippen molar-refractivity contribution in [2.24, 2.45) is 5.92 Å². The first-order valence-electron chi connectivity index (χ1n) is 9.97. The number of amides is 1. The minimum atomic E-state index is 0.0120. The summed E-state index contributed by atoms with van der Waals surface area (Å²) in [7, 11) is 0. The van der Waals surface area contributed by atoms with Crippen molar-refractivity contribution in [3.8, 4) is 0 Å². The Morgan fingerprint density at radius 3 is 2.61 bits per heavy atom. The zero-order valence-electron chi connectivity index (χ0n) is 16.7. The molecule has 3 rings (SSSR count). The van der Waals surface area contributed by atoms with E-state index in [1.807, 2.05) is 31.2 Å². The van der Waals surface area contributed by atoms with Gasteiger partial charge in [-0.3, -0.25) is 4.79 Å². The van der Waals surface area contributed by atoms with Gasteiger partial charge < -0.3 is 10.2 Å². The molecule has 0 saturated carbocycles. The van der Waals surface area contributed by atoms with Gasteiger partial charge in [0.05, 0.1) is 11.8 Å². The Morgan fingerprint density at radius 2 is 1.93 bits per heavy atom. The minimum absolute atomic E-state index is 0.0120. The van der Waals surface area contributed by atoms with Crippen molar-refractivity contribution >= 4 is 35.0 Å². The number of piperidine rings is 1. The minimum Gasteiger partial charge on any atom is -0.371 e. The summed E-state index contributed by atoms with van der Waals surface area (Å²) >= 11 is 7.52. The lowest BCUT2D eigenvalue weighted by Gasteiger charge is -2.33. The Balaban J connectivity index is 1.45. The highest BCUT2D eigenvalue weighted by Crippen LogP contribution is 2.24. The molecular formula is C23H29ClN2OS. The lowest BCUT2D eigenvalue weighted by molar-refractivity contribution is -0.119. The first kappa shape index (κ1) is 21.1. The number of nitrogens with one attached hydrogen (secondary N) is 1. The maximum atomic E-state index is 12.3. The number of nitrogens with zero attached hydrogens (tertiary/aromatic N) is 1. The number of halogens is 1. The fourth-order valence-electron chi connectivity index (χ4n) is 3.61. The monoisotopic (exact) mass is 416 g/mol. The summed E-state index contributed by atoms with van der Waals surface area (Å²) < 4.78 is 0. The van der Waals surface area contributed by atoms with Gasteiger partial charge in [0.15, 0.2) is 0 Å². The van der Waals surface area contributed by atoms with Crippen LogP contribution in [0.15, 0.2) is 48.5 Å². The highest BCUT2D eigenvalue weighted by Gasteiger charge is 2.17. The second-order valence-electron chi connectivity index (χ2n) is 7.69. The van der Waals surface area contributed by atoms with Gasteiger partial charge in [-0.15, -0.1) is 11.8 Å². The number of rotatable bonds is 7. The van der Waals surface area contributed by atoms with Crippen LogP contribution in [-0.2, 0) is 10.5 Å². The molecular weight excluding hydrogens is 388 g/mol. The molecule has 2 aromatic rings. The van der Waals surface area contributed by atoms with Crippen LogP contribution in [0, 0.1) is 5.92 Å². The summed E-state index contributed by atoms with van der Waals surface area (Å²) in [5.41, 5.74) is 3.61. The molecule has 1 heterocycles. The predicted octanol–water partition coefficient (Wildman–Crippen LogP) is 5.69. The largest absolute Gasteiger partial charge is 0.371 e. The molecule has 3 nitrogen and oxygen atoms in total. The third-order valence-corrected chi connectivity index (χ3v) is 6.46. The van der Waals surface area contributed by atoms with Gasteiger partial charge in [-0.2, -0.15) is 0 Å². The molecule has 1 amide bonds. The van der Waals surface area contributed by atoms with Crippen molar-refractivity contribution in [1.29, 1.82) is 0 Å². The van der Waals surface area contributed by atoms with Crippen LogP contribution in [0.2, 0.25) is 5.02 Å². The second kappa shape index (κ2) is 10.2. The van der Waals surface area contributed by atoms with E-state index in [1.54, 1.807) is 11.8 Å². The standard InChI is InChI=1S/C23H29ClN2OS/c1-17-4-3-13-26(14-17)22-11-7-20(8-12-22)18(2)25-23(27)16-28-15-19-5-9-21(24)10-6-19/h5-12,17-18H,3-4,13-16H2,1-2H3,(H,25,27)/t17-,18+/m1/s1. The fraction of sp³-hybridized carbons (Fsp3) is 0.435. The molecule has 0 bridgehead atoms. The smallest absolute Gasteiger partial charge is 0.230 e. The maximum Gasteiger partial charge on any atom is 0.230 e. The molecule has 1 aliphatic rings. The van der Waals surface area contributed by atoms with E-state index < -0.39 is 0 Å². The Kier molecular flexibility index (Phi) is 7.69. The van der Waals surface area contributed by atoms with Gasteiger partial charge in [0.1, 0.15) is 0 Å². The molecule has 0 aliphatic carbocycles. The summed E-state index contributed by atoms with van der Waals surface area (Å²) in [6.45, 7) is 6.64.